The molecule has 78 valence electrons. The Morgan fingerprint density at radius 3 is 2.60 bits per heavy atom. The summed E-state index contributed by atoms with van der Waals surface area (Å²) in [5, 5.41) is 8.08. The van der Waals surface area contributed by atoms with E-state index >= 15 is 0 Å². The van der Waals surface area contributed by atoms with Gasteiger partial charge in [0.25, 0.3) is 0 Å². The van der Waals surface area contributed by atoms with E-state index in [1.165, 1.54) is 4.68 Å². The number of rotatable bonds is 1. The maximum atomic E-state index is 5.95. The molecule has 0 unspecified atom stereocenters. The Morgan fingerprint density at radius 1 is 1.33 bits per heavy atom. The number of benzene rings is 1. The van der Waals surface area contributed by atoms with Crippen LogP contribution in [0.5, 0.6) is 0 Å². The molecule has 0 atom stereocenters. The first kappa shape index (κ1) is 10.3. The lowest BCUT2D eigenvalue weighted by molar-refractivity contribution is 1.02. The van der Waals surface area contributed by atoms with E-state index in [0.717, 1.165) is 10.0 Å². The summed E-state index contributed by atoms with van der Waals surface area (Å²) in [4.78, 5) is 0. The summed E-state index contributed by atoms with van der Waals surface area (Å²) in [7, 11) is 0. The normalized spacial score (nSPS) is 10.5. The van der Waals surface area contributed by atoms with Gasteiger partial charge in [-0.15, -0.1) is 10.2 Å². The van der Waals surface area contributed by atoms with Crippen LogP contribution in [0, 0.1) is 0 Å². The molecule has 0 bridgehead atoms. The first-order chi connectivity index (χ1) is 7.09. The van der Waals surface area contributed by atoms with Gasteiger partial charge in [-0.25, -0.2) is 4.68 Å². The average molecular weight is 289 g/mol. The van der Waals surface area contributed by atoms with Crippen LogP contribution in [0.4, 0.5) is 5.95 Å². The third-order valence-electron chi connectivity index (χ3n) is 1.90. The molecule has 0 amide bonds. The summed E-state index contributed by atoms with van der Waals surface area (Å²) in [6.07, 6.45) is 0. The molecule has 0 fully saturated rings. The number of nitrogens with zero attached hydrogens (tertiary/aromatic N) is 3. The van der Waals surface area contributed by atoms with Gasteiger partial charge in [0, 0.05) is 10.0 Å². The van der Waals surface area contributed by atoms with E-state index in [9.17, 15) is 0 Å². The average Bonchev–Trinajstić information content (AvgIpc) is 2.53. The van der Waals surface area contributed by atoms with Crippen molar-refractivity contribution in [3.05, 3.63) is 27.7 Å². The standard InChI is InChI=1S/C8H7BrClN5/c9-5-2-1-4(3-6(5)10)7-13-14-8(11)15(7)12/h1-3H,12H2,(H2,11,14). The minimum absolute atomic E-state index is 0.157. The van der Waals surface area contributed by atoms with Gasteiger partial charge in [-0.2, -0.15) is 0 Å². The van der Waals surface area contributed by atoms with E-state index in [-0.39, 0.29) is 5.95 Å². The van der Waals surface area contributed by atoms with Crippen molar-refractivity contribution in [3.8, 4) is 11.4 Å². The fourth-order valence-corrected chi connectivity index (χ4v) is 1.56. The van der Waals surface area contributed by atoms with Crippen LogP contribution in [-0.2, 0) is 0 Å². The molecule has 0 aliphatic carbocycles. The first-order valence-corrected chi connectivity index (χ1v) is 5.18. The van der Waals surface area contributed by atoms with Crippen molar-refractivity contribution in [1.29, 1.82) is 0 Å². The highest BCUT2D eigenvalue weighted by Crippen LogP contribution is 2.27. The van der Waals surface area contributed by atoms with Gasteiger partial charge in [-0.05, 0) is 34.1 Å². The molecule has 0 aliphatic rings. The van der Waals surface area contributed by atoms with Crippen LogP contribution < -0.4 is 11.6 Å². The molecule has 0 radical (unpaired) electrons. The Balaban J connectivity index is 2.55. The number of hydrogen-bond acceptors (Lipinski definition) is 4. The van der Waals surface area contributed by atoms with Crippen LogP contribution in [0.1, 0.15) is 0 Å². The van der Waals surface area contributed by atoms with Crippen molar-refractivity contribution in [2.75, 3.05) is 11.6 Å². The molecule has 2 rings (SSSR count). The zero-order valence-electron chi connectivity index (χ0n) is 7.48. The highest BCUT2D eigenvalue weighted by Gasteiger charge is 2.10. The Labute approximate surface area is 99.1 Å². The predicted octanol–water partition coefficient (Wildman–Crippen LogP) is 1.66. The van der Waals surface area contributed by atoms with Gasteiger partial charge in [-0.3, -0.25) is 0 Å². The summed E-state index contributed by atoms with van der Waals surface area (Å²) in [6.45, 7) is 0. The second-order valence-corrected chi connectivity index (χ2v) is 4.14. The molecule has 2 aromatic rings. The number of nitrogen functional groups attached to an aromatic ring is 2. The van der Waals surface area contributed by atoms with Crippen molar-refractivity contribution < 1.29 is 0 Å². The number of nitrogens with two attached hydrogens (primary N) is 2. The molecule has 1 heterocycles. The predicted molar refractivity (Wildman–Crippen MR) is 62.7 cm³/mol. The minimum atomic E-state index is 0.157. The van der Waals surface area contributed by atoms with Crippen LogP contribution in [0.3, 0.4) is 0 Å². The molecular formula is C8H7BrClN5. The van der Waals surface area contributed by atoms with Crippen LogP contribution >= 0.6 is 27.5 Å². The molecule has 0 saturated heterocycles. The minimum Gasteiger partial charge on any atom is -0.366 e. The SMILES string of the molecule is Nc1nnc(-c2ccc(Br)c(Cl)c2)n1N. The lowest BCUT2D eigenvalue weighted by atomic mass is 10.2. The number of anilines is 1. The van der Waals surface area contributed by atoms with Crippen LogP contribution in [0.15, 0.2) is 22.7 Å². The second-order valence-electron chi connectivity index (χ2n) is 2.88. The Kier molecular flexibility index (Phi) is 2.54. The summed E-state index contributed by atoms with van der Waals surface area (Å²) in [5.74, 6) is 6.27. The second kappa shape index (κ2) is 3.71. The zero-order chi connectivity index (χ0) is 11.0. The van der Waals surface area contributed by atoms with E-state index in [1.807, 2.05) is 12.1 Å². The highest BCUT2D eigenvalue weighted by atomic mass is 79.9. The highest BCUT2D eigenvalue weighted by molar-refractivity contribution is 9.10. The maximum Gasteiger partial charge on any atom is 0.241 e. The van der Waals surface area contributed by atoms with Crippen molar-refractivity contribution in [1.82, 2.24) is 14.9 Å². The van der Waals surface area contributed by atoms with Gasteiger partial charge < -0.3 is 11.6 Å². The molecule has 1 aromatic heterocycles. The quantitative estimate of drug-likeness (QED) is 0.782. The number of halogens is 2. The summed E-state index contributed by atoms with van der Waals surface area (Å²) in [5.41, 5.74) is 6.23. The Morgan fingerprint density at radius 2 is 2.07 bits per heavy atom. The maximum absolute atomic E-state index is 5.95. The van der Waals surface area contributed by atoms with E-state index in [4.69, 9.17) is 23.2 Å². The summed E-state index contributed by atoms with van der Waals surface area (Å²) >= 11 is 9.24. The van der Waals surface area contributed by atoms with Gasteiger partial charge in [0.1, 0.15) is 0 Å². The van der Waals surface area contributed by atoms with Crippen molar-refractivity contribution >= 4 is 33.5 Å². The van der Waals surface area contributed by atoms with E-state index in [1.54, 1.807) is 6.07 Å². The molecule has 7 heteroatoms. The van der Waals surface area contributed by atoms with Crippen LogP contribution in [-0.4, -0.2) is 14.9 Å². The third-order valence-corrected chi connectivity index (χ3v) is 3.13. The Bertz CT molecular complexity index is 510. The van der Waals surface area contributed by atoms with Crippen LogP contribution in [0.2, 0.25) is 5.02 Å². The molecule has 1 aromatic carbocycles. The lowest BCUT2D eigenvalue weighted by Crippen LogP contribution is -2.13. The molecule has 0 saturated carbocycles. The third kappa shape index (κ3) is 1.78. The van der Waals surface area contributed by atoms with Crippen molar-refractivity contribution in [2.45, 2.75) is 0 Å². The van der Waals surface area contributed by atoms with Gasteiger partial charge in [-0.1, -0.05) is 11.6 Å². The topological polar surface area (TPSA) is 82.8 Å². The lowest BCUT2D eigenvalue weighted by Gasteiger charge is -2.02. The van der Waals surface area contributed by atoms with E-state index in [2.05, 4.69) is 26.1 Å². The fourth-order valence-electron chi connectivity index (χ4n) is 1.14. The van der Waals surface area contributed by atoms with Crippen molar-refractivity contribution in [3.63, 3.8) is 0 Å². The number of aromatic nitrogens is 3. The van der Waals surface area contributed by atoms with Gasteiger partial charge in [0.15, 0.2) is 5.82 Å². The van der Waals surface area contributed by atoms with Gasteiger partial charge in [0.2, 0.25) is 5.95 Å². The molecular weight excluding hydrogens is 281 g/mol. The molecule has 0 spiro atoms. The van der Waals surface area contributed by atoms with E-state index < -0.39 is 0 Å². The molecule has 5 nitrogen and oxygen atoms in total. The summed E-state index contributed by atoms with van der Waals surface area (Å²) in [6, 6.07) is 5.36. The smallest absolute Gasteiger partial charge is 0.241 e. The Hall–Kier alpha value is -1.27. The van der Waals surface area contributed by atoms with Crippen LogP contribution in [0.25, 0.3) is 11.4 Å². The van der Waals surface area contributed by atoms with Gasteiger partial charge in [0.05, 0.1) is 5.02 Å². The zero-order valence-corrected chi connectivity index (χ0v) is 9.83. The van der Waals surface area contributed by atoms with Gasteiger partial charge >= 0.3 is 0 Å². The largest absolute Gasteiger partial charge is 0.366 e. The van der Waals surface area contributed by atoms with E-state index in [0.29, 0.717) is 10.8 Å². The first-order valence-electron chi connectivity index (χ1n) is 4.01. The fraction of sp³-hybridized carbons (Fsp3) is 0. The number of hydrogen-bond donors (Lipinski definition) is 2. The monoisotopic (exact) mass is 287 g/mol. The summed E-state index contributed by atoms with van der Waals surface area (Å²) < 4.78 is 2.02. The molecule has 15 heavy (non-hydrogen) atoms. The molecule has 4 N–H and O–H groups in total. The molecule has 0 aliphatic heterocycles. The van der Waals surface area contributed by atoms with Crippen molar-refractivity contribution in [2.24, 2.45) is 0 Å².